The van der Waals surface area contributed by atoms with Crippen molar-refractivity contribution in [1.29, 1.82) is 0 Å². The molecule has 3 aromatic rings. The van der Waals surface area contributed by atoms with Gasteiger partial charge in [-0.15, -0.1) is 0 Å². The third-order valence-electron chi connectivity index (χ3n) is 4.07. The van der Waals surface area contributed by atoms with Gasteiger partial charge in [0.2, 0.25) is 5.75 Å². The van der Waals surface area contributed by atoms with Crippen molar-refractivity contribution in [1.82, 2.24) is 9.78 Å². The summed E-state index contributed by atoms with van der Waals surface area (Å²) < 4.78 is 17.5. The molecule has 0 N–H and O–H groups in total. The topological polar surface area (TPSA) is 62.6 Å². The van der Waals surface area contributed by atoms with Crippen molar-refractivity contribution in [3.8, 4) is 28.5 Å². The second kappa shape index (κ2) is 8.14. The highest BCUT2D eigenvalue weighted by atomic mass is 35.5. The molecule has 0 saturated heterocycles. The molecule has 27 heavy (non-hydrogen) atoms. The summed E-state index contributed by atoms with van der Waals surface area (Å²) in [5.41, 5.74) is 2.09. The van der Waals surface area contributed by atoms with Crippen LogP contribution >= 0.6 is 11.6 Å². The molecular formula is C20H19ClN2O4. The summed E-state index contributed by atoms with van der Waals surface area (Å²) in [4.78, 5) is 12.2. The first kappa shape index (κ1) is 18.8. The number of halogens is 1. The van der Waals surface area contributed by atoms with Crippen LogP contribution in [0.4, 0.5) is 0 Å². The van der Waals surface area contributed by atoms with Crippen molar-refractivity contribution >= 4 is 11.6 Å². The Labute approximate surface area is 161 Å². The number of aromatic nitrogens is 2. The summed E-state index contributed by atoms with van der Waals surface area (Å²) in [5.74, 6) is 1.53. The van der Waals surface area contributed by atoms with Gasteiger partial charge < -0.3 is 14.2 Å². The van der Waals surface area contributed by atoms with E-state index in [2.05, 4.69) is 5.10 Å². The summed E-state index contributed by atoms with van der Waals surface area (Å²) in [6.45, 7) is 0.342. The molecule has 140 valence electrons. The number of rotatable bonds is 6. The van der Waals surface area contributed by atoms with E-state index >= 15 is 0 Å². The molecule has 6 nitrogen and oxygen atoms in total. The van der Waals surface area contributed by atoms with E-state index in [0.29, 0.717) is 34.5 Å². The van der Waals surface area contributed by atoms with Crippen molar-refractivity contribution in [2.24, 2.45) is 0 Å². The van der Waals surface area contributed by atoms with E-state index in [9.17, 15) is 4.79 Å². The predicted molar refractivity (Wildman–Crippen MR) is 104 cm³/mol. The van der Waals surface area contributed by atoms with Crippen molar-refractivity contribution in [3.63, 3.8) is 0 Å². The summed E-state index contributed by atoms with van der Waals surface area (Å²) >= 11 is 5.91. The van der Waals surface area contributed by atoms with Crippen LogP contribution < -0.4 is 19.8 Å². The fraction of sp³-hybridized carbons (Fsp3) is 0.200. The van der Waals surface area contributed by atoms with Crippen molar-refractivity contribution in [3.05, 3.63) is 69.5 Å². The highest BCUT2D eigenvalue weighted by molar-refractivity contribution is 6.30. The minimum atomic E-state index is -0.193. The molecule has 0 bridgehead atoms. The molecular weight excluding hydrogens is 368 g/mol. The highest BCUT2D eigenvalue weighted by Crippen LogP contribution is 2.40. The van der Waals surface area contributed by atoms with E-state index in [-0.39, 0.29) is 5.56 Å². The lowest BCUT2D eigenvalue weighted by atomic mass is 10.1. The van der Waals surface area contributed by atoms with Gasteiger partial charge in [0.25, 0.3) is 5.56 Å². The van der Waals surface area contributed by atoms with E-state index in [1.165, 1.54) is 10.7 Å². The smallest absolute Gasteiger partial charge is 0.267 e. The van der Waals surface area contributed by atoms with E-state index < -0.39 is 0 Å². The molecule has 0 saturated carbocycles. The van der Waals surface area contributed by atoms with Gasteiger partial charge in [-0.25, -0.2) is 4.68 Å². The minimum absolute atomic E-state index is 0.193. The molecule has 1 heterocycles. The molecule has 7 heteroatoms. The fourth-order valence-electron chi connectivity index (χ4n) is 2.71. The first-order valence-electron chi connectivity index (χ1n) is 8.18. The van der Waals surface area contributed by atoms with Gasteiger partial charge in [-0.05, 0) is 35.9 Å². The zero-order chi connectivity index (χ0) is 19.4. The number of nitrogens with zero attached hydrogens (tertiary/aromatic N) is 2. The normalized spacial score (nSPS) is 10.5. The zero-order valence-electron chi connectivity index (χ0n) is 15.2. The Morgan fingerprint density at radius 1 is 0.926 bits per heavy atom. The van der Waals surface area contributed by atoms with Crippen LogP contribution in [0, 0.1) is 0 Å². The van der Waals surface area contributed by atoms with Crippen molar-refractivity contribution in [2.75, 3.05) is 21.3 Å². The monoisotopic (exact) mass is 386 g/mol. The standard InChI is InChI=1S/C20H19ClN2O4/c1-25-17-10-14(11-18(26-2)20(17)27-3)16-8-9-19(24)23(22-16)12-13-4-6-15(21)7-5-13/h4-11H,12H2,1-3H3. The molecule has 3 rings (SSSR count). The van der Waals surface area contributed by atoms with Crippen LogP contribution in [-0.4, -0.2) is 31.1 Å². The Kier molecular flexibility index (Phi) is 5.66. The van der Waals surface area contributed by atoms with Gasteiger partial charge in [0.1, 0.15) is 0 Å². The number of methoxy groups -OCH3 is 3. The summed E-state index contributed by atoms with van der Waals surface area (Å²) in [6.07, 6.45) is 0. The fourth-order valence-corrected chi connectivity index (χ4v) is 2.83. The molecule has 1 aromatic heterocycles. The average Bonchev–Trinajstić information content (AvgIpc) is 2.70. The van der Waals surface area contributed by atoms with Gasteiger partial charge >= 0.3 is 0 Å². The Hall–Kier alpha value is -2.99. The first-order valence-corrected chi connectivity index (χ1v) is 8.56. The van der Waals surface area contributed by atoms with Crippen LogP contribution in [0.25, 0.3) is 11.3 Å². The third-order valence-corrected chi connectivity index (χ3v) is 4.32. The molecule has 0 radical (unpaired) electrons. The van der Waals surface area contributed by atoms with Gasteiger partial charge in [0.05, 0.1) is 33.6 Å². The summed E-state index contributed by atoms with van der Waals surface area (Å²) in [5, 5.41) is 5.13. The Bertz CT molecular complexity index is 975. The number of hydrogen-bond donors (Lipinski definition) is 0. The van der Waals surface area contributed by atoms with Crippen LogP contribution in [0.5, 0.6) is 17.2 Å². The minimum Gasteiger partial charge on any atom is -0.493 e. The van der Waals surface area contributed by atoms with Crippen LogP contribution in [0.3, 0.4) is 0 Å². The molecule has 0 aliphatic carbocycles. The maximum Gasteiger partial charge on any atom is 0.267 e. The SMILES string of the molecule is COc1cc(-c2ccc(=O)n(Cc3ccc(Cl)cc3)n2)cc(OC)c1OC. The quantitative estimate of drug-likeness (QED) is 0.647. The molecule has 0 fully saturated rings. The van der Waals surface area contributed by atoms with E-state index in [4.69, 9.17) is 25.8 Å². The molecule has 0 aliphatic rings. The number of hydrogen-bond acceptors (Lipinski definition) is 5. The largest absolute Gasteiger partial charge is 0.493 e. The van der Waals surface area contributed by atoms with Gasteiger partial charge in [-0.3, -0.25) is 4.79 Å². The van der Waals surface area contributed by atoms with Gasteiger partial charge in [-0.1, -0.05) is 23.7 Å². The van der Waals surface area contributed by atoms with Crippen LogP contribution in [-0.2, 0) is 6.54 Å². The molecule has 0 aliphatic heterocycles. The van der Waals surface area contributed by atoms with Gasteiger partial charge in [-0.2, -0.15) is 5.10 Å². The van der Waals surface area contributed by atoms with Crippen molar-refractivity contribution in [2.45, 2.75) is 6.54 Å². The maximum atomic E-state index is 12.2. The Morgan fingerprint density at radius 3 is 2.11 bits per heavy atom. The summed E-state index contributed by atoms with van der Waals surface area (Å²) in [7, 11) is 4.65. The van der Waals surface area contributed by atoms with E-state index in [0.717, 1.165) is 11.1 Å². The lowest BCUT2D eigenvalue weighted by Gasteiger charge is -2.14. The molecule has 0 atom stereocenters. The highest BCUT2D eigenvalue weighted by Gasteiger charge is 2.15. The second-order valence-electron chi connectivity index (χ2n) is 5.75. The van der Waals surface area contributed by atoms with E-state index in [1.54, 1.807) is 51.7 Å². The molecule has 0 amide bonds. The maximum absolute atomic E-state index is 12.2. The van der Waals surface area contributed by atoms with Crippen LogP contribution in [0.15, 0.2) is 53.3 Å². The van der Waals surface area contributed by atoms with Crippen LogP contribution in [0.1, 0.15) is 5.56 Å². The molecule has 0 spiro atoms. The average molecular weight is 387 g/mol. The number of benzene rings is 2. The van der Waals surface area contributed by atoms with Crippen LogP contribution in [0.2, 0.25) is 5.02 Å². The molecule has 0 unspecified atom stereocenters. The summed E-state index contributed by atoms with van der Waals surface area (Å²) in [6, 6.07) is 14.0. The van der Waals surface area contributed by atoms with Gasteiger partial charge in [0.15, 0.2) is 11.5 Å². The number of ether oxygens (including phenoxy) is 3. The van der Waals surface area contributed by atoms with Gasteiger partial charge in [0, 0.05) is 16.7 Å². The Morgan fingerprint density at radius 2 is 1.56 bits per heavy atom. The van der Waals surface area contributed by atoms with E-state index in [1.807, 2.05) is 12.1 Å². The lowest BCUT2D eigenvalue weighted by molar-refractivity contribution is 0.324. The lowest BCUT2D eigenvalue weighted by Crippen LogP contribution is -2.22. The Balaban J connectivity index is 2.03. The third kappa shape index (κ3) is 4.06. The predicted octanol–water partition coefficient (Wildman–Crippen LogP) is 3.64. The zero-order valence-corrected chi connectivity index (χ0v) is 16.0. The first-order chi connectivity index (χ1) is 13.0. The van der Waals surface area contributed by atoms with Crippen molar-refractivity contribution < 1.29 is 14.2 Å². The molecule has 2 aromatic carbocycles. The second-order valence-corrected chi connectivity index (χ2v) is 6.19.